The predicted molar refractivity (Wildman–Crippen MR) is 70.2 cm³/mol. The second-order valence-corrected chi connectivity index (χ2v) is 4.68. The van der Waals surface area contributed by atoms with E-state index in [1.54, 1.807) is 6.08 Å². The van der Waals surface area contributed by atoms with E-state index in [0.29, 0.717) is 5.92 Å². The number of carboxylic acid groups (broad SMARTS) is 1. The number of benzene rings is 1. The lowest BCUT2D eigenvalue weighted by Gasteiger charge is -2.12. The molecule has 0 aliphatic heterocycles. The van der Waals surface area contributed by atoms with Gasteiger partial charge in [0.15, 0.2) is 0 Å². The van der Waals surface area contributed by atoms with Crippen LogP contribution in [0.5, 0.6) is 0 Å². The Morgan fingerprint density at radius 2 is 2.00 bits per heavy atom. The summed E-state index contributed by atoms with van der Waals surface area (Å²) in [6, 6.07) is 8.35. The minimum atomic E-state index is -0.776. The van der Waals surface area contributed by atoms with Gasteiger partial charge >= 0.3 is 5.97 Å². The molecule has 0 spiro atoms. The molecule has 1 aromatic rings. The summed E-state index contributed by atoms with van der Waals surface area (Å²) in [5, 5.41) is 8.63. The molecule has 0 aliphatic carbocycles. The molecule has 0 amide bonds. The van der Waals surface area contributed by atoms with Crippen molar-refractivity contribution in [2.45, 2.75) is 39.5 Å². The Bertz CT molecular complexity index is 417. The van der Waals surface area contributed by atoms with Gasteiger partial charge in [-0.2, -0.15) is 0 Å². The Morgan fingerprint density at radius 3 is 2.59 bits per heavy atom. The van der Waals surface area contributed by atoms with Gasteiger partial charge in [0.25, 0.3) is 0 Å². The maximum Gasteiger partial charge on any atom is 0.307 e. The second-order valence-electron chi connectivity index (χ2n) is 4.68. The summed E-state index contributed by atoms with van der Waals surface area (Å²) in [5.41, 5.74) is 3.75. The molecule has 1 aromatic carbocycles. The van der Waals surface area contributed by atoms with E-state index in [0.717, 1.165) is 12.0 Å². The Morgan fingerprint density at radius 1 is 1.35 bits per heavy atom. The van der Waals surface area contributed by atoms with Crippen LogP contribution in [0.3, 0.4) is 0 Å². The van der Waals surface area contributed by atoms with Crippen LogP contribution < -0.4 is 0 Å². The fourth-order valence-corrected chi connectivity index (χ4v) is 1.89. The first kappa shape index (κ1) is 13.5. The molecule has 0 saturated carbocycles. The highest BCUT2D eigenvalue weighted by molar-refractivity contribution is 5.68. The van der Waals surface area contributed by atoms with Crippen molar-refractivity contribution >= 4 is 5.97 Å². The van der Waals surface area contributed by atoms with E-state index in [9.17, 15) is 4.79 Å². The minimum absolute atomic E-state index is 0.107. The van der Waals surface area contributed by atoms with Crippen LogP contribution in [0.25, 0.3) is 0 Å². The molecule has 0 aromatic heterocycles. The van der Waals surface area contributed by atoms with Crippen LogP contribution in [0.4, 0.5) is 0 Å². The first-order valence-electron chi connectivity index (χ1n) is 5.96. The second kappa shape index (κ2) is 6.24. The van der Waals surface area contributed by atoms with Crippen molar-refractivity contribution in [1.29, 1.82) is 0 Å². The summed E-state index contributed by atoms with van der Waals surface area (Å²) in [5.74, 6) is -0.278. The zero-order valence-corrected chi connectivity index (χ0v) is 10.7. The average molecular weight is 232 g/mol. The Kier molecular flexibility index (Phi) is 4.95. The molecule has 0 unspecified atom stereocenters. The lowest BCUT2D eigenvalue weighted by atomic mass is 9.93. The first-order chi connectivity index (χ1) is 8.00. The normalized spacial score (nSPS) is 11.9. The van der Waals surface area contributed by atoms with E-state index in [-0.39, 0.29) is 6.42 Å². The van der Waals surface area contributed by atoms with Crippen LogP contribution in [-0.2, 0) is 11.2 Å². The third-order valence-corrected chi connectivity index (χ3v) is 2.77. The van der Waals surface area contributed by atoms with Gasteiger partial charge in [-0.15, -0.1) is 0 Å². The van der Waals surface area contributed by atoms with Crippen molar-refractivity contribution in [3.63, 3.8) is 0 Å². The third kappa shape index (κ3) is 4.43. The summed E-state index contributed by atoms with van der Waals surface area (Å²) < 4.78 is 0. The molecule has 0 fully saturated rings. The highest BCUT2D eigenvalue weighted by atomic mass is 16.4. The number of hydrogen-bond donors (Lipinski definition) is 1. The Balaban J connectivity index is 2.81. The van der Waals surface area contributed by atoms with Gasteiger partial charge in [-0.05, 0) is 30.4 Å². The third-order valence-electron chi connectivity index (χ3n) is 2.77. The molecule has 2 nitrogen and oxygen atoms in total. The number of hydrogen-bond acceptors (Lipinski definition) is 1. The zero-order chi connectivity index (χ0) is 12.8. The van der Waals surface area contributed by atoms with Gasteiger partial charge in [-0.3, -0.25) is 4.79 Å². The smallest absolute Gasteiger partial charge is 0.307 e. The van der Waals surface area contributed by atoms with E-state index >= 15 is 0 Å². The molecule has 1 rings (SSSR count). The minimum Gasteiger partial charge on any atom is -0.481 e. The summed E-state index contributed by atoms with van der Waals surface area (Å²) >= 11 is 0. The van der Waals surface area contributed by atoms with Gasteiger partial charge in [-0.1, -0.05) is 49.8 Å². The van der Waals surface area contributed by atoms with Gasteiger partial charge in [0.2, 0.25) is 0 Å². The Hall–Kier alpha value is -1.57. The standard InChI is InChI=1S/C15H20O2/c1-11(2)14-7-5-4-6-13(14)10-12(3)8-9-15(16)17/h4-8,11H,9-10H2,1-3H3,(H,16,17). The largest absolute Gasteiger partial charge is 0.481 e. The maximum absolute atomic E-state index is 10.5. The molecule has 0 atom stereocenters. The van der Waals surface area contributed by atoms with Crippen molar-refractivity contribution in [3.8, 4) is 0 Å². The molecular weight excluding hydrogens is 212 g/mol. The van der Waals surface area contributed by atoms with Crippen molar-refractivity contribution in [3.05, 3.63) is 47.0 Å². The maximum atomic E-state index is 10.5. The van der Waals surface area contributed by atoms with Crippen LogP contribution in [0.1, 0.15) is 44.2 Å². The van der Waals surface area contributed by atoms with Gasteiger partial charge in [-0.25, -0.2) is 0 Å². The molecule has 0 aliphatic rings. The average Bonchev–Trinajstić information content (AvgIpc) is 2.27. The van der Waals surface area contributed by atoms with E-state index in [2.05, 4.69) is 32.0 Å². The predicted octanol–water partition coefficient (Wildman–Crippen LogP) is 3.77. The lowest BCUT2D eigenvalue weighted by molar-refractivity contribution is -0.136. The quantitative estimate of drug-likeness (QED) is 0.784. The number of rotatable bonds is 5. The molecule has 92 valence electrons. The fourth-order valence-electron chi connectivity index (χ4n) is 1.89. The summed E-state index contributed by atoms with van der Waals surface area (Å²) in [4.78, 5) is 10.5. The first-order valence-corrected chi connectivity index (χ1v) is 5.96. The SMILES string of the molecule is CC(=CCC(=O)O)Cc1ccccc1C(C)C. The van der Waals surface area contributed by atoms with Crippen molar-refractivity contribution < 1.29 is 9.90 Å². The molecule has 0 bridgehead atoms. The van der Waals surface area contributed by atoms with Crippen molar-refractivity contribution in [2.75, 3.05) is 0 Å². The molecule has 17 heavy (non-hydrogen) atoms. The molecule has 0 radical (unpaired) electrons. The summed E-state index contributed by atoms with van der Waals surface area (Å²) in [6.07, 6.45) is 2.73. The van der Waals surface area contributed by atoms with Gasteiger partial charge in [0.1, 0.15) is 0 Å². The fraction of sp³-hybridized carbons (Fsp3) is 0.400. The summed E-state index contributed by atoms with van der Waals surface area (Å²) in [6.45, 7) is 6.34. The van der Waals surface area contributed by atoms with E-state index in [1.807, 2.05) is 13.0 Å². The zero-order valence-electron chi connectivity index (χ0n) is 10.7. The van der Waals surface area contributed by atoms with Crippen LogP contribution in [0.15, 0.2) is 35.9 Å². The van der Waals surface area contributed by atoms with Gasteiger partial charge in [0, 0.05) is 0 Å². The number of carbonyl (C=O) groups is 1. The highest BCUT2D eigenvalue weighted by Gasteiger charge is 2.06. The molecule has 0 heterocycles. The summed E-state index contributed by atoms with van der Waals surface area (Å²) in [7, 11) is 0. The Labute approximate surface area is 103 Å². The topological polar surface area (TPSA) is 37.3 Å². The van der Waals surface area contributed by atoms with Crippen molar-refractivity contribution in [1.82, 2.24) is 0 Å². The number of aliphatic carboxylic acids is 1. The number of allylic oxidation sites excluding steroid dienone is 1. The van der Waals surface area contributed by atoms with Gasteiger partial charge in [0.05, 0.1) is 6.42 Å². The lowest BCUT2D eigenvalue weighted by Crippen LogP contribution is -1.98. The van der Waals surface area contributed by atoms with Crippen LogP contribution in [0, 0.1) is 0 Å². The van der Waals surface area contributed by atoms with Crippen molar-refractivity contribution in [2.24, 2.45) is 0 Å². The number of carboxylic acids is 1. The van der Waals surface area contributed by atoms with Crippen LogP contribution in [-0.4, -0.2) is 11.1 Å². The molecule has 2 heteroatoms. The van der Waals surface area contributed by atoms with E-state index in [1.165, 1.54) is 11.1 Å². The molecule has 0 saturated heterocycles. The van der Waals surface area contributed by atoms with E-state index in [4.69, 9.17) is 5.11 Å². The molecule has 1 N–H and O–H groups in total. The molecular formula is C15H20O2. The van der Waals surface area contributed by atoms with E-state index < -0.39 is 5.97 Å². The highest BCUT2D eigenvalue weighted by Crippen LogP contribution is 2.21. The van der Waals surface area contributed by atoms with Crippen LogP contribution in [0.2, 0.25) is 0 Å². The van der Waals surface area contributed by atoms with Crippen LogP contribution >= 0.6 is 0 Å². The monoisotopic (exact) mass is 232 g/mol. The van der Waals surface area contributed by atoms with Gasteiger partial charge < -0.3 is 5.11 Å².